The SMILES string of the molecule is C[C@H](OC(=O)C(c1ccccc1F)N(C)C)c1ccccc1I. The van der Waals surface area contributed by atoms with E-state index in [0.717, 1.165) is 9.13 Å². The highest BCUT2D eigenvalue weighted by Gasteiger charge is 2.29. The van der Waals surface area contributed by atoms with Gasteiger partial charge in [0.05, 0.1) is 0 Å². The summed E-state index contributed by atoms with van der Waals surface area (Å²) in [5, 5.41) is 0. The molecule has 0 saturated heterocycles. The summed E-state index contributed by atoms with van der Waals surface area (Å²) in [5.41, 5.74) is 1.25. The van der Waals surface area contributed by atoms with Crippen molar-refractivity contribution in [2.24, 2.45) is 0 Å². The lowest BCUT2D eigenvalue weighted by Crippen LogP contribution is -2.30. The molecule has 0 fully saturated rings. The summed E-state index contributed by atoms with van der Waals surface area (Å²) in [4.78, 5) is 14.3. The smallest absolute Gasteiger partial charge is 0.328 e. The Morgan fingerprint density at radius 1 is 1.09 bits per heavy atom. The molecular formula is C18H19FINO2. The highest BCUT2D eigenvalue weighted by molar-refractivity contribution is 14.1. The Hall–Kier alpha value is -1.47. The van der Waals surface area contributed by atoms with E-state index in [-0.39, 0.29) is 0 Å². The van der Waals surface area contributed by atoms with Gasteiger partial charge in [0.2, 0.25) is 0 Å². The summed E-state index contributed by atoms with van der Waals surface area (Å²) in [6.07, 6.45) is -0.398. The number of nitrogens with zero attached hydrogens (tertiary/aromatic N) is 1. The molecule has 3 nitrogen and oxygen atoms in total. The van der Waals surface area contributed by atoms with Crippen molar-refractivity contribution in [3.63, 3.8) is 0 Å². The molecule has 0 aromatic heterocycles. The Bertz CT molecular complexity index is 690. The zero-order valence-electron chi connectivity index (χ0n) is 13.3. The maximum absolute atomic E-state index is 14.0. The van der Waals surface area contributed by atoms with Crippen LogP contribution >= 0.6 is 22.6 Å². The van der Waals surface area contributed by atoms with Gasteiger partial charge in [0.15, 0.2) is 0 Å². The van der Waals surface area contributed by atoms with Crippen LogP contribution < -0.4 is 0 Å². The number of carbonyl (C=O) groups is 1. The molecule has 0 saturated carbocycles. The normalized spacial score (nSPS) is 13.7. The van der Waals surface area contributed by atoms with Gasteiger partial charge in [-0.3, -0.25) is 4.90 Å². The second-order valence-electron chi connectivity index (χ2n) is 5.49. The summed E-state index contributed by atoms with van der Waals surface area (Å²) in [5.74, 6) is -0.877. The molecule has 0 bridgehead atoms. The monoisotopic (exact) mass is 427 g/mol. The van der Waals surface area contributed by atoms with E-state index in [0.29, 0.717) is 5.56 Å². The van der Waals surface area contributed by atoms with Crippen LogP contribution in [0.2, 0.25) is 0 Å². The number of carbonyl (C=O) groups excluding carboxylic acids is 1. The first kappa shape index (κ1) is 17.9. The third-order valence-electron chi connectivity index (χ3n) is 3.58. The molecule has 0 amide bonds. The number of halogens is 2. The predicted molar refractivity (Wildman–Crippen MR) is 96.5 cm³/mol. The van der Waals surface area contributed by atoms with Crippen molar-refractivity contribution in [2.45, 2.75) is 19.1 Å². The zero-order chi connectivity index (χ0) is 17.0. The standard InChI is InChI=1S/C18H19FINO2/c1-12(13-8-5-7-11-16(13)20)23-18(22)17(21(2)3)14-9-4-6-10-15(14)19/h4-12,17H,1-3H3/t12-,17?/m0/s1. The number of benzene rings is 2. The average molecular weight is 427 g/mol. The van der Waals surface area contributed by atoms with Crippen molar-refractivity contribution in [3.05, 3.63) is 69.0 Å². The third-order valence-corrected chi connectivity index (χ3v) is 4.56. The third kappa shape index (κ3) is 4.29. The lowest BCUT2D eigenvalue weighted by molar-refractivity contribution is -0.154. The lowest BCUT2D eigenvalue weighted by atomic mass is 10.1. The van der Waals surface area contributed by atoms with E-state index in [2.05, 4.69) is 22.6 Å². The first-order valence-electron chi connectivity index (χ1n) is 7.27. The summed E-state index contributed by atoms with van der Waals surface area (Å²) in [6, 6.07) is 13.2. The quantitative estimate of drug-likeness (QED) is 0.526. The number of esters is 1. The Labute approximate surface area is 149 Å². The van der Waals surface area contributed by atoms with Crippen molar-refractivity contribution in [1.82, 2.24) is 4.90 Å². The van der Waals surface area contributed by atoms with E-state index >= 15 is 0 Å². The molecule has 122 valence electrons. The van der Waals surface area contributed by atoms with Crippen molar-refractivity contribution in [3.8, 4) is 0 Å². The minimum atomic E-state index is -0.778. The van der Waals surface area contributed by atoms with E-state index < -0.39 is 23.9 Å². The van der Waals surface area contributed by atoms with Gasteiger partial charge in [-0.15, -0.1) is 0 Å². The number of hydrogen-bond donors (Lipinski definition) is 0. The molecule has 0 radical (unpaired) electrons. The minimum absolute atomic E-state index is 0.317. The van der Waals surface area contributed by atoms with Crippen LogP contribution in [0.3, 0.4) is 0 Å². The van der Waals surface area contributed by atoms with Gasteiger partial charge in [-0.2, -0.15) is 0 Å². The Kier molecular flexibility index (Phi) is 6.12. The lowest BCUT2D eigenvalue weighted by Gasteiger charge is -2.25. The molecule has 2 aromatic carbocycles. The van der Waals surface area contributed by atoms with Gasteiger partial charge in [-0.1, -0.05) is 36.4 Å². The van der Waals surface area contributed by atoms with Crippen LogP contribution in [0.15, 0.2) is 48.5 Å². The van der Waals surface area contributed by atoms with Gasteiger partial charge in [-0.05, 0) is 55.7 Å². The molecule has 2 aromatic rings. The minimum Gasteiger partial charge on any atom is -0.456 e. The molecule has 2 atom stereocenters. The van der Waals surface area contributed by atoms with Crippen molar-refractivity contribution in [1.29, 1.82) is 0 Å². The molecule has 23 heavy (non-hydrogen) atoms. The van der Waals surface area contributed by atoms with E-state index in [9.17, 15) is 9.18 Å². The maximum Gasteiger partial charge on any atom is 0.328 e. The Balaban J connectivity index is 2.23. The van der Waals surface area contributed by atoms with E-state index in [1.54, 1.807) is 37.2 Å². The molecule has 0 aliphatic carbocycles. The van der Waals surface area contributed by atoms with Gasteiger partial charge < -0.3 is 4.74 Å². The number of likely N-dealkylation sites (N-methyl/N-ethyl adjacent to an activating group) is 1. The fraction of sp³-hybridized carbons (Fsp3) is 0.278. The van der Waals surface area contributed by atoms with Crippen LogP contribution in [0.1, 0.15) is 30.2 Å². The summed E-state index contributed by atoms with van der Waals surface area (Å²) in [7, 11) is 3.46. The van der Waals surface area contributed by atoms with Crippen LogP contribution in [0.4, 0.5) is 4.39 Å². The molecule has 2 rings (SSSR count). The number of ether oxygens (including phenoxy) is 1. The van der Waals surface area contributed by atoms with Crippen molar-refractivity contribution < 1.29 is 13.9 Å². The molecule has 0 aliphatic rings. The highest BCUT2D eigenvalue weighted by atomic mass is 127. The van der Waals surface area contributed by atoms with Crippen molar-refractivity contribution in [2.75, 3.05) is 14.1 Å². The predicted octanol–water partition coefficient (Wildman–Crippen LogP) is 4.34. The molecule has 0 spiro atoms. The maximum atomic E-state index is 14.0. The average Bonchev–Trinajstić information content (AvgIpc) is 2.49. The van der Waals surface area contributed by atoms with Crippen LogP contribution in [0.25, 0.3) is 0 Å². The van der Waals surface area contributed by atoms with Crippen LogP contribution in [-0.4, -0.2) is 25.0 Å². The topological polar surface area (TPSA) is 29.5 Å². The van der Waals surface area contributed by atoms with Crippen LogP contribution in [-0.2, 0) is 9.53 Å². The fourth-order valence-electron chi connectivity index (χ4n) is 2.42. The molecular weight excluding hydrogens is 408 g/mol. The largest absolute Gasteiger partial charge is 0.456 e. The van der Waals surface area contributed by atoms with Crippen LogP contribution in [0.5, 0.6) is 0 Å². The first-order chi connectivity index (χ1) is 10.9. The molecule has 5 heteroatoms. The fourth-order valence-corrected chi connectivity index (χ4v) is 3.25. The zero-order valence-corrected chi connectivity index (χ0v) is 15.5. The Morgan fingerprint density at radius 2 is 1.65 bits per heavy atom. The van der Waals surface area contributed by atoms with Gasteiger partial charge in [-0.25, -0.2) is 9.18 Å². The van der Waals surface area contributed by atoms with E-state index in [1.807, 2.05) is 31.2 Å². The summed E-state index contributed by atoms with van der Waals surface area (Å²) in [6.45, 7) is 1.82. The molecule has 0 N–H and O–H groups in total. The van der Waals surface area contributed by atoms with Crippen LogP contribution in [0, 0.1) is 9.39 Å². The summed E-state index contributed by atoms with van der Waals surface area (Å²) >= 11 is 2.21. The van der Waals surface area contributed by atoms with Gasteiger partial charge in [0, 0.05) is 14.7 Å². The summed E-state index contributed by atoms with van der Waals surface area (Å²) < 4.78 is 20.7. The number of hydrogen-bond acceptors (Lipinski definition) is 3. The van der Waals surface area contributed by atoms with E-state index in [1.165, 1.54) is 6.07 Å². The molecule has 0 aliphatic heterocycles. The van der Waals surface area contributed by atoms with Crippen molar-refractivity contribution >= 4 is 28.6 Å². The van der Waals surface area contributed by atoms with Gasteiger partial charge in [0.1, 0.15) is 18.0 Å². The highest BCUT2D eigenvalue weighted by Crippen LogP contribution is 2.28. The Morgan fingerprint density at radius 3 is 2.22 bits per heavy atom. The molecule has 1 unspecified atom stereocenters. The second-order valence-corrected chi connectivity index (χ2v) is 6.65. The second kappa shape index (κ2) is 7.88. The molecule has 0 heterocycles. The van der Waals surface area contributed by atoms with E-state index in [4.69, 9.17) is 4.74 Å². The number of rotatable bonds is 5. The van der Waals surface area contributed by atoms with Gasteiger partial charge >= 0.3 is 5.97 Å². The van der Waals surface area contributed by atoms with Gasteiger partial charge in [0.25, 0.3) is 0 Å². The first-order valence-corrected chi connectivity index (χ1v) is 8.35.